The van der Waals surface area contributed by atoms with E-state index in [1.165, 1.54) is 0 Å². The van der Waals surface area contributed by atoms with Crippen molar-refractivity contribution in [3.8, 4) is 0 Å². The minimum atomic E-state index is 0.0348. The van der Waals surface area contributed by atoms with Crippen LogP contribution >= 0.6 is 0 Å². The summed E-state index contributed by atoms with van der Waals surface area (Å²) >= 11 is 0. The second-order valence-electron chi connectivity index (χ2n) is 4.42. The third-order valence-electron chi connectivity index (χ3n) is 3.00. The number of nitrogens with zero attached hydrogens (tertiary/aromatic N) is 2. The molecule has 2 heterocycles. The Balaban J connectivity index is 1.75. The van der Waals surface area contributed by atoms with E-state index in [2.05, 4.69) is 17.2 Å². The Morgan fingerprint density at radius 2 is 2.33 bits per heavy atom. The third kappa shape index (κ3) is 1.54. The minimum Gasteiger partial charge on any atom is -0.388 e. The number of rotatable bonds is 3. The molecule has 1 spiro atoms. The molecule has 1 saturated carbocycles. The monoisotopic (exact) mass is 206 g/mol. The summed E-state index contributed by atoms with van der Waals surface area (Å²) < 4.78 is 5.26. The van der Waals surface area contributed by atoms with Gasteiger partial charge in [0.15, 0.2) is 5.76 Å². The van der Waals surface area contributed by atoms with Crippen LogP contribution in [-0.4, -0.2) is 16.5 Å². The van der Waals surface area contributed by atoms with Gasteiger partial charge in [0.05, 0.1) is 5.69 Å². The maximum atomic E-state index is 5.39. The molecule has 4 nitrogen and oxygen atoms in total. The van der Waals surface area contributed by atoms with E-state index in [0.717, 1.165) is 49.3 Å². The van der Waals surface area contributed by atoms with Gasteiger partial charge in [0.25, 0.3) is 0 Å². The molecule has 0 saturated heterocycles. The van der Waals surface area contributed by atoms with Crippen LogP contribution in [0.3, 0.4) is 0 Å². The van der Waals surface area contributed by atoms with Gasteiger partial charge in [0.1, 0.15) is 11.3 Å². The van der Waals surface area contributed by atoms with E-state index in [4.69, 9.17) is 9.36 Å². The van der Waals surface area contributed by atoms with E-state index in [1.54, 1.807) is 0 Å². The zero-order valence-corrected chi connectivity index (χ0v) is 8.82. The first-order valence-electron chi connectivity index (χ1n) is 5.52. The lowest BCUT2D eigenvalue weighted by atomic mass is 10.1. The molecule has 0 atom stereocenters. The molecule has 3 rings (SSSR count). The number of hydrogen-bond donors (Lipinski definition) is 0. The molecule has 1 aromatic heterocycles. The molecule has 1 aliphatic heterocycles. The fraction of sp³-hybridized carbons (Fsp3) is 0.636. The molecule has 2 aliphatic rings. The standard InChI is InChI=1S/C11H14N2O2/c1-2-3-8-6-10(14-12-8)9-7-11(4-5-11)15-13-9/h6H,2-5,7H2,1H3. The topological polar surface area (TPSA) is 47.6 Å². The smallest absolute Gasteiger partial charge is 0.184 e. The summed E-state index contributed by atoms with van der Waals surface area (Å²) in [5.41, 5.74) is 1.96. The summed E-state index contributed by atoms with van der Waals surface area (Å²) in [6, 6.07) is 1.98. The molecule has 1 aromatic rings. The first-order valence-corrected chi connectivity index (χ1v) is 5.52. The van der Waals surface area contributed by atoms with Crippen molar-refractivity contribution in [1.82, 2.24) is 5.16 Å². The summed E-state index contributed by atoms with van der Waals surface area (Å²) in [5, 5.41) is 8.08. The van der Waals surface area contributed by atoms with E-state index >= 15 is 0 Å². The molecular formula is C11H14N2O2. The quantitative estimate of drug-likeness (QED) is 0.762. The van der Waals surface area contributed by atoms with Crippen LogP contribution in [0.25, 0.3) is 0 Å². The first kappa shape index (κ1) is 8.95. The molecule has 15 heavy (non-hydrogen) atoms. The highest BCUT2D eigenvalue weighted by Gasteiger charge is 2.51. The van der Waals surface area contributed by atoms with Crippen LogP contribution in [0, 0.1) is 0 Å². The number of oxime groups is 1. The van der Waals surface area contributed by atoms with Gasteiger partial charge in [-0.3, -0.25) is 0 Å². The van der Waals surface area contributed by atoms with E-state index in [1.807, 2.05) is 6.07 Å². The molecule has 4 heteroatoms. The van der Waals surface area contributed by atoms with Crippen molar-refractivity contribution in [2.45, 2.75) is 44.6 Å². The molecule has 0 radical (unpaired) electrons. The number of aromatic nitrogens is 1. The van der Waals surface area contributed by atoms with Crippen LogP contribution in [0.15, 0.2) is 15.7 Å². The van der Waals surface area contributed by atoms with Gasteiger partial charge in [0, 0.05) is 12.5 Å². The molecule has 80 valence electrons. The van der Waals surface area contributed by atoms with E-state index in [0.29, 0.717) is 0 Å². The molecule has 0 amide bonds. The summed E-state index contributed by atoms with van der Waals surface area (Å²) in [4.78, 5) is 5.39. The zero-order valence-electron chi connectivity index (χ0n) is 8.82. The highest BCUT2D eigenvalue weighted by molar-refractivity contribution is 5.99. The molecular weight excluding hydrogens is 192 g/mol. The lowest BCUT2D eigenvalue weighted by Gasteiger charge is -1.99. The predicted molar refractivity (Wildman–Crippen MR) is 54.7 cm³/mol. The van der Waals surface area contributed by atoms with Crippen LogP contribution < -0.4 is 0 Å². The average Bonchev–Trinajstić information content (AvgIpc) is 2.64. The Bertz CT molecular complexity index is 404. The summed E-state index contributed by atoms with van der Waals surface area (Å²) in [6.07, 6.45) is 5.17. The summed E-state index contributed by atoms with van der Waals surface area (Å²) in [5.74, 6) is 0.780. The van der Waals surface area contributed by atoms with Gasteiger partial charge in [-0.2, -0.15) is 0 Å². The summed E-state index contributed by atoms with van der Waals surface area (Å²) in [7, 11) is 0. The van der Waals surface area contributed by atoms with Gasteiger partial charge in [-0.15, -0.1) is 0 Å². The second kappa shape index (κ2) is 3.08. The normalized spacial score (nSPS) is 21.5. The van der Waals surface area contributed by atoms with Crippen molar-refractivity contribution >= 4 is 5.71 Å². The zero-order chi connectivity index (χ0) is 10.3. The largest absolute Gasteiger partial charge is 0.388 e. The van der Waals surface area contributed by atoms with Crippen molar-refractivity contribution in [1.29, 1.82) is 0 Å². The summed E-state index contributed by atoms with van der Waals surface area (Å²) in [6.45, 7) is 2.13. The van der Waals surface area contributed by atoms with Gasteiger partial charge >= 0.3 is 0 Å². The van der Waals surface area contributed by atoms with E-state index in [-0.39, 0.29) is 5.60 Å². The molecule has 1 aliphatic carbocycles. The maximum absolute atomic E-state index is 5.39. The molecule has 0 aromatic carbocycles. The van der Waals surface area contributed by atoms with Crippen molar-refractivity contribution < 1.29 is 9.36 Å². The maximum Gasteiger partial charge on any atom is 0.184 e. The Morgan fingerprint density at radius 1 is 1.47 bits per heavy atom. The lowest BCUT2D eigenvalue weighted by Crippen LogP contribution is -2.07. The lowest BCUT2D eigenvalue weighted by molar-refractivity contribution is 0.0650. The van der Waals surface area contributed by atoms with Gasteiger partial charge in [0.2, 0.25) is 0 Å². The molecule has 0 N–H and O–H groups in total. The van der Waals surface area contributed by atoms with Gasteiger partial charge in [-0.1, -0.05) is 23.7 Å². The number of hydrogen-bond acceptors (Lipinski definition) is 4. The van der Waals surface area contributed by atoms with Crippen molar-refractivity contribution in [3.63, 3.8) is 0 Å². The van der Waals surface area contributed by atoms with Gasteiger partial charge in [-0.25, -0.2) is 0 Å². The number of aryl methyl sites for hydroxylation is 1. The van der Waals surface area contributed by atoms with E-state index in [9.17, 15) is 0 Å². The Morgan fingerprint density at radius 3 is 3.00 bits per heavy atom. The van der Waals surface area contributed by atoms with Crippen LogP contribution in [0.4, 0.5) is 0 Å². The van der Waals surface area contributed by atoms with E-state index < -0.39 is 0 Å². The predicted octanol–water partition coefficient (Wildman–Crippen LogP) is 2.28. The van der Waals surface area contributed by atoms with Crippen molar-refractivity contribution in [2.75, 3.05) is 0 Å². The molecule has 1 fully saturated rings. The third-order valence-corrected chi connectivity index (χ3v) is 3.00. The van der Waals surface area contributed by atoms with Crippen LogP contribution in [0.1, 0.15) is 44.1 Å². The fourth-order valence-corrected chi connectivity index (χ4v) is 1.88. The van der Waals surface area contributed by atoms with Crippen molar-refractivity contribution in [2.24, 2.45) is 5.16 Å². The molecule has 0 bridgehead atoms. The Hall–Kier alpha value is -1.32. The minimum absolute atomic E-state index is 0.0348. The highest BCUT2D eigenvalue weighted by Crippen LogP contribution is 2.47. The highest BCUT2D eigenvalue weighted by atomic mass is 16.7. The SMILES string of the molecule is CCCc1cc(C2=NOC3(CC3)C2)on1. The Labute approximate surface area is 88.3 Å². The van der Waals surface area contributed by atoms with Gasteiger partial charge in [-0.05, 0) is 19.3 Å². The fourth-order valence-electron chi connectivity index (χ4n) is 1.88. The molecule has 0 unspecified atom stereocenters. The van der Waals surface area contributed by atoms with Crippen molar-refractivity contribution in [3.05, 3.63) is 17.5 Å². The van der Waals surface area contributed by atoms with Crippen LogP contribution in [0.2, 0.25) is 0 Å². The first-order chi connectivity index (χ1) is 7.31. The second-order valence-corrected chi connectivity index (χ2v) is 4.42. The average molecular weight is 206 g/mol. The van der Waals surface area contributed by atoms with Crippen LogP contribution in [0.5, 0.6) is 0 Å². The van der Waals surface area contributed by atoms with Gasteiger partial charge < -0.3 is 9.36 Å². The Kier molecular flexibility index (Phi) is 1.84. The van der Waals surface area contributed by atoms with Crippen LogP contribution in [-0.2, 0) is 11.3 Å².